The molecule has 0 aliphatic heterocycles. The Morgan fingerprint density at radius 3 is 2.68 bits per heavy atom. The molecule has 0 spiro atoms. The lowest BCUT2D eigenvalue weighted by atomic mass is 10.2. The molecule has 0 unspecified atom stereocenters. The lowest BCUT2D eigenvalue weighted by Gasteiger charge is -2.09. The fourth-order valence-electron chi connectivity index (χ4n) is 1.63. The Bertz CT molecular complexity index is 544. The number of carbonyl (C=O) groups is 1. The number of ether oxygens (including phenoxy) is 2. The molecule has 0 saturated heterocycles. The molecule has 0 saturated carbocycles. The number of nitrogens with zero attached hydrogens (tertiary/aromatic N) is 1. The van der Waals surface area contributed by atoms with Crippen LogP contribution in [0, 0.1) is 0 Å². The summed E-state index contributed by atoms with van der Waals surface area (Å²) in [6.07, 6.45) is 1.60. The van der Waals surface area contributed by atoms with Crippen molar-refractivity contribution >= 4 is 11.9 Å². The lowest BCUT2D eigenvalue weighted by Crippen LogP contribution is -2.40. The fraction of sp³-hybridized carbons (Fsp3) is 0.333. The van der Waals surface area contributed by atoms with Crippen molar-refractivity contribution in [3.63, 3.8) is 0 Å². The largest absolute Gasteiger partial charge is 0.493 e. The fourth-order valence-corrected chi connectivity index (χ4v) is 1.63. The molecule has 0 aliphatic carbocycles. The number of methoxy groups -OCH3 is 2. The quantitative estimate of drug-likeness (QED) is 0.367. The molecule has 1 aromatic carbocycles. The Labute approximate surface area is 130 Å². The summed E-state index contributed by atoms with van der Waals surface area (Å²) in [5.74, 6) is 1.30. The maximum absolute atomic E-state index is 11.4. The highest BCUT2D eigenvalue weighted by Crippen LogP contribution is 2.27. The van der Waals surface area contributed by atoms with E-state index in [-0.39, 0.29) is 18.4 Å². The Balaban J connectivity index is 2.52. The molecule has 7 heteroatoms. The van der Waals surface area contributed by atoms with Crippen LogP contribution in [0.2, 0.25) is 0 Å². The highest BCUT2D eigenvalue weighted by molar-refractivity contribution is 5.85. The zero-order valence-corrected chi connectivity index (χ0v) is 12.9. The first-order valence-corrected chi connectivity index (χ1v) is 6.73. The summed E-state index contributed by atoms with van der Waals surface area (Å²) in [6, 6.07) is 5.50. The number of amides is 1. The van der Waals surface area contributed by atoms with Gasteiger partial charge in [0.1, 0.15) is 0 Å². The Hall–Kier alpha value is -2.70. The van der Waals surface area contributed by atoms with Crippen LogP contribution >= 0.6 is 0 Å². The van der Waals surface area contributed by atoms with Crippen LogP contribution in [0.25, 0.3) is 0 Å². The first-order valence-electron chi connectivity index (χ1n) is 6.73. The summed E-state index contributed by atoms with van der Waals surface area (Å²) in [6.45, 7) is 4.37. The summed E-state index contributed by atoms with van der Waals surface area (Å²) < 4.78 is 10.4. The van der Waals surface area contributed by atoms with Crippen LogP contribution in [0.1, 0.15) is 5.56 Å². The molecule has 1 amide bonds. The number of nitrogens with one attached hydrogen (secondary N) is 2. The molecule has 0 aromatic heterocycles. The average molecular weight is 306 g/mol. The van der Waals surface area contributed by atoms with E-state index in [9.17, 15) is 4.79 Å². The first kappa shape index (κ1) is 17.4. The van der Waals surface area contributed by atoms with Gasteiger partial charge >= 0.3 is 0 Å². The molecule has 1 rings (SSSR count). The van der Waals surface area contributed by atoms with E-state index in [2.05, 4.69) is 22.2 Å². The minimum absolute atomic E-state index is 0.0646. The van der Waals surface area contributed by atoms with E-state index >= 15 is 0 Å². The van der Waals surface area contributed by atoms with Crippen LogP contribution in [0.5, 0.6) is 11.5 Å². The van der Waals surface area contributed by atoms with Crippen molar-refractivity contribution in [3.8, 4) is 11.5 Å². The normalized spacial score (nSPS) is 10.7. The second kappa shape index (κ2) is 9.28. The van der Waals surface area contributed by atoms with Crippen molar-refractivity contribution in [2.75, 3.05) is 27.3 Å². The Morgan fingerprint density at radius 2 is 2.05 bits per heavy atom. The van der Waals surface area contributed by atoms with Gasteiger partial charge in [0.15, 0.2) is 17.5 Å². The molecule has 4 N–H and O–H groups in total. The zero-order chi connectivity index (χ0) is 16.4. The topological polar surface area (TPSA) is 98.0 Å². The third-order valence-electron chi connectivity index (χ3n) is 2.75. The van der Waals surface area contributed by atoms with Crippen molar-refractivity contribution in [3.05, 3.63) is 36.4 Å². The van der Waals surface area contributed by atoms with Crippen LogP contribution in [0.4, 0.5) is 0 Å². The number of rotatable bonds is 8. The Kier molecular flexibility index (Phi) is 7.32. The number of benzene rings is 1. The maximum atomic E-state index is 11.4. The molecule has 1 aromatic rings. The second-order valence-electron chi connectivity index (χ2n) is 4.34. The van der Waals surface area contributed by atoms with Gasteiger partial charge in [-0.2, -0.15) is 0 Å². The smallest absolute Gasteiger partial charge is 0.239 e. The molecule has 0 bridgehead atoms. The number of hydrogen-bond acceptors (Lipinski definition) is 4. The van der Waals surface area contributed by atoms with Gasteiger partial charge in [-0.1, -0.05) is 12.1 Å². The molecule has 0 fully saturated rings. The van der Waals surface area contributed by atoms with Gasteiger partial charge < -0.3 is 25.8 Å². The van der Waals surface area contributed by atoms with Gasteiger partial charge in [-0.25, -0.2) is 4.99 Å². The van der Waals surface area contributed by atoms with Crippen LogP contribution in [0.15, 0.2) is 35.8 Å². The Morgan fingerprint density at radius 1 is 1.32 bits per heavy atom. The van der Waals surface area contributed by atoms with Gasteiger partial charge in [0.25, 0.3) is 0 Å². The standard InChI is InChI=1S/C15H22N4O3/c1-4-7-17-14(20)10-19-15(16)18-9-11-5-6-12(21-2)13(8-11)22-3/h4-6,8H,1,7,9-10H2,2-3H3,(H,17,20)(H3,16,18,19). The average Bonchev–Trinajstić information content (AvgIpc) is 2.55. The predicted molar refractivity (Wildman–Crippen MR) is 86.1 cm³/mol. The molecule has 22 heavy (non-hydrogen) atoms. The molecule has 0 atom stereocenters. The van der Waals surface area contributed by atoms with Gasteiger partial charge in [0, 0.05) is 6.54 Å². The molecule has 120 valence electrons. The van der Waals surface area contributed by atoms with Gasteiger partial charge in [-0.05, 0) is 17.7 Å². The van der Waals surface area contributed by atoms with E-state index in [0.717, 1.165) is 5.56 Å². The third kappa shape index (κ3) is 5.74. The van der Waals surface area contributed by atoms with Crippen molar-refractivity contribution in [1.82, 2.24) is 10.6 Å². The lowest BCUT2D eigenvalue weighted by molar-refractivity contribution is -0.119. The predicted octanol–water partition coefficient (Wildman–Crippen LogP) is 0.410. The molecule has 0 radical (unpaired) electrons. The summed E-state index contributed by atoms with van der Waals surface area (Å²) >= 11 is 0. The van der Waals surface area contributed by atoms with E-state index in [4.69, 9.17) is 15.2 Å². The zero-order valence-electron chi connectivity index (χ0n) is 12.9. The second-order valence-corrected chi connectivity index (χ2v) is 4.34. The van der Waals surface area contributed by atoms with Gasteiger partial charge in [-0.15, -0.1) is 6.58 Å². The minimum Gasteiger partial charge on any atom is -0.493 e. The van der Waals surface area contributed by atoms with E-state index < -0.39 is 0 Å². The number of hydrogen-bond donors (Lipinski definition) is 3. The van der Waals surface area contributed by atoms with Crippen molar-refractivity contribution in [1.29, 1.82) is 0 Å². The van der Waals surface area contributed by atoms with Crippen molar-refractivity contribution in [2.45, 2.75) is 6.54 Å². The molecule has 0 heterocycles. The SMILES string of the molecule is C=CCNC(=O)CNC(N)=NCc1ccc(OC)c(OC)c1. The number of carbonyl (C=O) groups excluding carboxylic acids is 1. The summed E-state index contributed by atoms with van der Waals surface area (Å²) in [5.41, 5.74) is 6.62. The summed E-state index contributed by atoms with van der Waals surface area (Å²) in [4.78, 5) is 15.5. The van der Waals surface area contributed by atoms with Crippen molar-refractivity contribution < 1.29 is 14.3 Å². The van der Waals surface area contributed by atoms with Gasteiger partial charge in [0.2, 0.25) is 5.91 Å². The molecule has 0 aliphatic rings. The number of aliphatic imine (C=N–C) groups is 1. The van der Waals surface area contributed by atoms with Gasteiger partial charge in [0.05, 0.1) is 27.3 Å². The van der Waals surface area contributed by atoms with Crippen LogP contribution < -0.4 is 25.8 Å². The van der Waals surface area contributed by atoms with E-state index in [0.29, 0.717) is 24.6 Å². The molecular formula is C15H22N4O3. The summed E-state index contributed by atoms with van der Waals surface area (Å²) in [7, 11) is 3.15. The van der Waals surface area contributed by atoms with Crippen LogP contribution in [-0.4, -0.2) is 39.2 Å². The number of guanidine groups is 1. The third-order valence-corrected chi connectivity index (χ3v) is 2.75. The van der Waals surface area contributed by atoms with Crippen molar-refractivity contribution in [2.24, 2.45) is 10.7 Å². The van der Waals surface area contributed by atoms with Crippen LogP contribution in [0.3, 0.4) is 0 Å². The highest BCUT2D eigenvalue weighted by Gasteiger charge is 2.04. The molecule has 7 nitrogen and oxygen atoms in total. The minimum atomic E-state index is -0.177. The molecular weight excluding hydrogens is 284 g/mol. The monoisotopic (exact) mass is 306 g/mol. The first-order chi connectivity index (χ1) is 10.6. The van der Waals surface area contributed by atoms with E-state index in [1.165, 1.54) is 0 Å². The van der Waals surface area contributed by atoms with E-state index in [1.807, 2.05) is 12.1 Å². The van der Waals surface area contributed by atoms with Gasteiger partial charge in [-0.3, -0.25) is 4.79 Å². The highest BCUT2D eigenvalue weighted by atomic mass is 16.5. The van der Waals surface area contributed by atoms with E-state index in [1.54, 1.807) is 26.4 Å². The van der Waals surface area contributed by atoms with Crippen LogP contribution in [-0.2, 0) is 11.3 Å². The summed E-state index contributed by atoms with van der Waals surface area (Å²) in [5, 5.41) is 5.37. The maximum Gasteiger partial charge on any atom is 0.239 e. The number of nitrogens with two attached hydrogens (primary N) is 1.